The first-order chi connectivity index (χ1) is 36.1. The molecule has 2 N–H and O–H groups in total. The Balaban J connectivity index is 1.28. The maximum Gasteiger partial charge on any atom is 0.421 e. The Bertz CT molecular complexity index is 2970. The van der Waals surface area contributed by atoms with Crippen molar-refractivity contribution >= 4 is 29.6 Å². The first kappa shape index (κ1) is 50.3. The lowest BCUT2D eigenvalue weighted by Gasteiger charge is -2.46. The second-order valence-corrected chi connectivity index (χ2v) is 19.5. The van der Waals surface area contributed by atoms with Gasteiger partial charge in [0.15, 0.2) is 11.5 Å². The molecule has 1 aliphatic carbocycles. The molecule has 4 aliphatic heterocycles. The molecule has 15 nitrogen and oxygen atoms in total. The number of ether oxygens (including phenoxy) is 6. The summed E-state index contributed by atoms with van der Waals surface area (Å²) in [4.78, 5) is 68.6. The highest BCUT2D eigenvalue weighted by atomic mass is 16.6. The van der Waals surface area contributed by atoms with Crippen LogP contribution >= 0.6 is 0 Å². The number of esters is 1. The molecule has 1 spiro atoms. The van der Waals surface area contributed by atoms with Crippen LogP contribution in [0, 0.1) is 17.8 Å². The number of para-hydroxylation sites is 1. The molecule has 5 aromatic carbocycles. The number of nitrogens with zero attached hydrogens (tertiary/aromatic N) is 3. The Hall–Kier alpha value is -7.22. The first-order valence-corrected chi connectivity index (χ1v) is 25.4. The number of amides is 3. The summed E-state index contributed by atoms with van der Waals surface area (Å²) in [5.41, 5.74) is 0.968. The molecule has 384 valence electrons. The molecule has 0 bridgehead atoms. The molecule has 15 heteroatoms. The lowest BCUT2D eigenvalue weighted by molar-refractivity contribution is -0.179. The van der Waals surface area contributed by atoms with Gasteiger partial charge in [-0.3, -0.25) is 19.3 Å². The summed E-state index contributed by atoms with van der Waals surface area (Å²) in [5.74, 6) is 4.07. The van der Waals surface area contributed by atoms with Crippen LogP contribution in [0.15, 0.2) is 115 Å². The highest BCUT2D eigenvalue weighted by molar-refractivity contribution is 6.23. The zero-order chi connectivity index (χ0) is 51.6. The summed E-state index contributed by atoms with van der Waals surface area (Å²) in [6.45, 7) is -0.310. The molecule has 0 aromatic heterocycles. The number of carbonyl (C=O) groups excluding carboxylic acids is 4. The van der Waals surface area contributed by atoms with Crippen molar-refractivity contribution in [2.75, 3.05) is 59.2 Å². The first-order valence-electron chi connectivity index (χ1n) is 25.4. The summed E-state index contributed by atoms with van der Waals surface area (Å²) in [6, 6.07) is 31.2. The second kappa shape index (κ2) is 21.3. The van der Waals surface area contributed by atoms with E-state index in [4.69, 9.17) is 28.4 Å². The van der Waals surface area contributed by atoms with Gasteiger partial charge in [-0.15, -0.1) is 0 Å². The van der Waals surface area contributed by atoms with Crippen molar-refractivity contribution in [3.05, 3.63) is 154 Å². The largest absolute Gasteiger partial charge is 0.493 e. The summed E-state index contributed by atoms with van der Waals surface area (Å²) in [6.07, 6.45) is 3.05. The standard InChI is InChI=1S/C59H61N3O12/c1-69-32-33-73-57(67)61-45-23-22-38(24-28-58(68)26-14-4-5-15-27-58)34-44(45)59(56(61)66)49(54(64)60-29-25-41-35-47(70-2)48(71-3)36-42(41)37-60)51-55(65)74-52(40-18-10-7-11-19-40)50(39-16-8-6-9-17-39)62(51)53(59)43-20-12-13-21-46(43)72-31-30-63/h6-13,16-23,34-36,49-53,63,68H,4-5,14-15,25-27,29-33,37H2,1-3H3/t49-,50-,51-,52+,53+,59-/m0/s1. The molecular formula is C59H61N3O12. The fourth-order valence-electron chi connectivity index (χ4n) is 12.1. The summed E-state index contributed by atoms with van der Waals surface area (Å²) >= 11 is 0. The van der Waals surface area contributed by atoms with Gasteiger partial charge in [-0.2, -0.15) is 0 Å². The topological polar surface area (TPSA) is 174 Å². The molecule has 6 atom stereocenters. The van der Waals surface area contributed by atoms with E-state index in [1.54, 1.807) is 61.6 Å². The zero-order valence-electron chi connectivity index (χ0n) is 41.9. The van der Waals surface area contributed by atoms with Crippen molar-refractivity contribution in [2.24, 2.45) is 5.92 Å². The third-order valence-electron chi connectivity index (χ3n) is 15.4. The number of hydrogen-bond donors (Lipinski definition) is 2. The number of benzene rings is 5. The summed E-state index contributed by atoms with van der Waals surface area (Å²) in [7, 11) is 4.57. The van der Waals surface area contributed by atoms with E-state index in [1.807, 2.05) is 77.7 Å². The van der Waals surface area contributed by atoms with Gasteiger partial charge in [0.25, 0.3) is 0 Å². The fraction of sp³-hybridized carbons (Fsp3) is 0.390. The lowest BCUT2D eigenvalue weighted by atomic mass is 9.64. The Morgan fingerprint density at radius 3 is 2.12 bits per heavy atom. The zero-order valence-corrected chi connectivity index (χ0v) is 41.9. The molecular weight excluding hydrogens is 943 g/mol. The van der Waals surface area contributed by atoms with Crippen LogP contribution in [0.2, 0.25) is 0 Å². The van der Waals surface area contributed by atoms with Crippen LogP contribution in [0.25, 0.3) is 0 Å². The van der Waals surface area contributed by atoms with E-state index >= 15 is 14.4 Å². The third-order valence-corrected chi connectivity index (χ3v) is 15.4. The number of carbonyl (C=O) groups is 4. The number of imide groups is 1. The predicted octanol–water partition coefficient (Wildman–Crippen LogP) is 7.55. The molecule has 4 heterocycles. The van der Waals surface area contributed by atoms with Gasteiger partial charge in [0.1, 0.15) is 42.1 Å². The maximum absolute atomic E-state index is 16.8. The van der Waals surface area contributed by atoms with Crippen LogP contribution in [0.4, 0.5) is 10.5 Å². The number of aliphatic hydroxyl groups is 2. The van der Waals surface area contributed by atoms with E-state index in [0.717, 1.165) is 47.3 Å². The number of fused-ring (bicyclic) bond motifs is 4. The Kier molecular flexibility index (Phi) is 14.5. The van der Waals surface area contributed by atoms with Gasteiger partial charge in [-0.25, -0.2) is 9.69 Å². The van der Waals surface area contributed by atoms with E-state index in [1.165, 1.54) is 7.11 Å². The lowest BCUT2D eigenvalue weighted by Crippen LogP contribution is -2.57. The van der Waals surface area contributed by atoms with Crippen molar-refractivity contribution < 1.29 is 57.8 Å². The van der Waals surface area contributed by atoms with E-state index in [9.17, 15) is 15.0 Å². The molecule has 1 saturated carbocycles. The van der Waals surface area contributed by atoms with Crippen molar-refractivity contribution in [1.29, 1.82) is 0 Å². The normalized spacial score (nSPS) is 23.9. The SMILES string of the molecule is COCCOC(=O)N1C(=O)[C@@]2(c3cc(C#CC4(O)CCCCCC4)ccc31)[C@H](C(=O)N1CCc3cc(OC)c(OC)cc3C1)[C@H]1C(=O)O[C@H](c3ccccc3)[C@H](c3ccccc3)N1[C@@H]2c1ccccc1OCCO. The minimum Gasteiger partial charge on any atom is -0.493 e. The minimum absolute atomic E-state index is 0.0386. The number of morpholine rings is 1. The predicted molar refractivity (Wildman–Crippen MR) is 272 cm³/mol. The number of hydrogen-bond acceptors (Lipinski definition) is 13. The van der Waals surface area contributed by atoms with Gasteiger partial charge in [0, 0.05) is 31.3 Å². The average molecular weight is 1000 g/mol. The van der Waals surface area contributed by atoms with Crippen molar-refractivity contribution in [1.82, 2.24) is 9.80 Å². The van der Waals surface area contributed by atoms with E-state index in [2.05, 4.69) is 11.8 Å². The smallest absolute Gasteiger partial charge is 0.421 e. The molecule has 74 heavy (non-hydrogen) atoms. The number of methoxy groups -OCH3 is 3. The fourth-order valence-corrected chi connectivity index (χ4v) is 12.1. The molecule has 2 saturated heterocycles. The highest BCUT2D eigenvalue weighted by Gasteiger charge is 2.76. The van der Waals surface area contributed by atoms with Gasteiger partial charge < -0.3 is 43.5 Å². The van der Waals surface area contributed by atoms with Gasteiger partial charge in [-0.1, -0.05) is 104 Å². The molecule has 0 unspecified atom stereocenters. The van der Waals surface area contributed by atoms with E-state index < -0.39 is 65.0 Å². The molecule has 3 fully saturated rings. The summed E-state index contributed by atoms with van der Waals surface area (Å²) < 4.78 is 35.5. The van der Waals surface area contributed by atoms with E-state index in [0.29, 0.717) is 47.5 Å². The molecule has 10 rings (SSSR count). The van der Waals surface area contributed by atoms with Crippen LogP contribution in [0.3, 0.4) is 0 Å². The number of cyclic esters (lactones) is 1. The van der Waals surface area contributed by atoms with Crippen molar-refractivity contribution in [3.63, 3.8) is 0 Å². The van der Waals surface area contributed by atoms with Gasteiger partial charge in [0.2, 0.25) is 11.8 Å². The monoisotopic (exact) mass is 1000 g/mol. The third kappa shape index (κ3) is 8.93. The highest BCUT2D eigenvalue weighted by Crippen LogP contribution is 2.67. The van der Waals surface area contributed by atoms with Crippen molar-refractivity contribution in [2.45, 2.75) is 86.7 Å². The van der Waals surface area contributed by atoms with Gasteiger partial charge in [-0.05, 0) is 96.3 Å². The summed E-state index contributed by atoms with van der Waals surface area (Å²) in [5, 5.41) is 22.0. The number of aliphatic hydroxyl groups excluding tert-OH is 1. The Labute approximate surface area is 430 Å². The average Bonchev–Trinajstić information content (AvgIpc) is 3.85. The maximum atomic E-state index is 16.8. The van der Waals surface area contributed by atoms with Crippen LogP contribution in [-0.4, -0.2) is 110 Å². The second-order valence-electron chi connectivity index (χ2n) is 19.5. The van der Waals surface area contributed by atoms with E-state index in [-0.39, 0.29) is 56.5 Å². The molecule has 5 aliphatic rings. The number of rotatable bonds is 12. The Morgan fingerprint density at radius 2 is 1.43 bits per heavy atom. The van der Waals surface area contributed by atoms with Gasteiger partial charge >= 0.3 is 12.1 Å². The quantitative estimate of drug-likeness (QED) is 0.0544. The minimum atomic E-state index is -2.14. The van der Waals surface area contributed by atoms with Crippen LogP contribution < -0.4 is 19.1 Å². The molecule has 3 amide bonds. The molecule has 5 aromatic rings. The van der Waals surface area contributed by atoms with Gasteiger partial charge in [0.05, 0.1) is 51.1 Å². The molecule has 0 radical (unpaired) electrons. The van der Waals surface area contributed by atoms with Crippen LogP contribution in [0.1, 0.15) is 95.7 Å². The van der Waals surface area contributed by atoms with Crippen LogP contribution in [-0.2, 0) is 47.0 Å². The Morgan fingerprint density at radius 1 is 0.757 bits per heavy atom. The van der Waals surface area contributed by atoms with Crippen LogP contribution in [0.5, 0.6) is 17.2 Å². The number of anilines is 1. The van der Waals surface area contributed by atoms with Crippen molar-refractivity contribution in [3.8, 4) is 29.1 Å².